The van der Waals surface area contributed by atoms with Crippen LogP contribution in [-0.4, -0.2) is 110 Å². The number of esters is 1. The van der Waals surface area contributed by atoms with Crippen molar-refractivity contribution in [3.8, 4) is 5.88 Å². The topological polar surface area (TPSA) is 182 Å². The molecule has 0 saturated carbocycles. The first-order valence-corrected chi connectivity index (χ1v) is 14.7. The number of carbonyl (C=O) groups excluding carboxylic acids is 2. The number of hydrogen-bond acceptors (Lipinski definition) is 12. The van der Waals surface area contributed by atoms with Crippen LogP contribution in [0.3, 0.4) is 0 Å². The zero-order valence-electron chi connectivity index (χ0n) is 27.0. The number of β-amino-alcohol motifs (C(OH)–C–C–N with tert-alkyl or cyclic N) is 1. The second-order valence-electron chi connectivity index (χ2n) is 12.3. The summed E-state index contributed by atoms with van der Waals surface area (Å²) in [5.74, 6) is -0.956. The number of amides is 1. The summed E-state index contributed by atoms with van der Waals surface area (Å²) in [4.78, 5) is 37.9. The summed E-state index contributed by atoms with van der Waals surface area (Å²) in [6, 6.07) is 6.29. The van der Waals surface area contributed by atoms with E-state index in [4.69, 9.17) is 29.4 Å². The minimum absolute atomic E-state index is 0. The summed E-state index contributed by atoms with van der Waals surface area (Å²) >= 11 is 1.35. The fourth-order valence-corrected chi connectivity index (χ4v) is 5.08. The number of aromatic nitrogens is 1. The molecule has 2 aliphatic heterocycles. The zero-order valence-corrected chi connectivity index (χ0v) is 30.9. The van der Waals surface area contributed by atoms with Crippen molar-refractivity contribution in [3.05, 3.63) is 24.3 Å². The van der Waals surface area contributed by atoms with Gasteiger partial charge in [-0.25, -0.2) is 9.59 Å². The van der Waals surface area contributed by atoms with Gasteiger partial charge >= 0.3 is 76.5 Å². The van der Waals surface area contributed by atoms with E-state index in [1.807, 2.05) is 24.3 Å². The van der Waals surface area contributed by atoms with Gasteiger partial charge in [-0.05, 0) is 57.7 Å². The molecule has 1 aromatic carbocycles. The molecule has 1 aromatic heterocycles. The molecule has 2 aromatic rings. The van der Waals surface area contributed by atoms with Crippen LogP contribution >= 0.6 is 11.5 Å². The maximum absolute atomic E-state index is 12.5. The van der Waals surface area contributed by atoms with E-state index in [9.17, 15) is 19.5 Å². The number of ether oxygens (including phenoxy) is 3. The number of aliphatic carboxylic acids is 1. The molecule has 44 heavy (non-hydrogen) atoms. The number of carboxylic acid groups (broad SMARTS) is 1. The molecule has 2 saturated heterocycles. The Morgan fingerprint density at radius 1 is 1.07 bits per heavy atom. The molecule has 3 N–H and O–H groups in total. The van der Waals surface area contributed by atoms with E-state index in [1.165, 1.54) is 35.2 Å². The molecular formula is C28H43BKN3O10S. The summed E-state index contributed by atoms with van der Waals surface area (Å²) in [5.41, 5.74) is -1.40. The molecule has 4 rings (SSSR count). The van der Waals surface area contributed by atoms with E-state index in [1.54, 1.807) is 41.5 Å². The smallest absolute Gasteiger partial charge is 0.850 e. The third-order valence-electron chi connectivity index (χ3n) is 6.07. The van der Waals surface area contributed by atoms with Crippen LogP contribution < -0.4 is 61.2 Å². The van der Waals surface area contributed by atoms with Crippen molar-refractivity contribution < 1.29 is 100 Å². The van der Waals surface area contributed by atoms with E-state index < -0.39 is 54.5 Å². The average molecular weight is 664 g/mol. The van der Waals surface area contributed by atoms with Gasteiger partial charge in [-0.3, -0.25) is 9.69 Å². The van der Waals surface area contributed by atoms with Crippen LogP contribution in [0.15, 0.2) is 24.3 Å². The van der Waals surface area contributed by atoms with Crippen LogP contribution in [0.2, 0.25) is 6.82 Å². The SMILES string of the molecule is CB(O)N1C[C@H](O)C[C@H]1C(=O)O.CC(C)(C)[O-].COC(=O)[C@@H]1C[C@@H](Oc2nsc3ccccc23)CN1C(=O)OC(C)(C)C.[K+]. The number of methoxy groups -OCH3 is 1. The molecule has 240 valence electrons. The molecular weight excluding hydrogens is 620 g/mol. The molecule has 0 spiro atoms. The molecule has 13 nitrogen and oxygen atoms in total. The average Bonchev–Trinajstić information content (AvgIpc) is 3.59. The Morgan fingerprint density at radius 3 is 2.16 bits per heavy atom. The summed E-state index contributed by atoms with van der Waals surface area (Å²) < 4.78 is 21.6. The summed E-state index contributed by atoms with van der Waals surface area (Å²) in [6.07, 6.45) is -1.03. The van der Waals surface area contributed by atoms with Gasteiger partial charge in [-0.1, -0.05) is 32.9 Å². The first-order valence-electron chi connectivity index (χ1n) is 13.9. The monoisotopic (exact) mass is 663 g/mol. The normalized spacial score (nSPS) is 21.7. The summed E-state index contributed by atoms with van der Waals surface area (Å²) in [7, 11) is 0.487. The van der Waals surface area contributed by atoms with Gasteiger partial charge < -0.3 is 39.4 Å². The van der Waals surface area contributed by atoms with Crippen LogP contribution in [0.4, 0.5) is 4.79 Å². The number of hydrogen-bond donors (Lipinski definition) is 3. The minimum atomic E-state index is -0.993. The first kappa shape index (κ1) is 40.7. The van der Waals surface area contributed by atoms with Gasteiger partial charge in [0.25, 0.3) is 0 Å². The van der Waals surface area contributed by atoms with Crippen LogP contribution in [0.1, 0.15) is 54.4 Å². The summed E-state index contributed by atoms with van der Waals surface area (Å²) in [5, 5.41) is 38.0. The predicted octanol–water partition coefficient (Wildman–Crippen LogP) is -1.01. The van der Waals surface area contributed by atoms with Crippen molar-refractivity contribution in [2.75, 3.05) is 20.2 Å². The van der Waals surface area contributed by atoms with Gasteiger partial charge in [0.1, 0.15) is 23.8 Å². The Bertz CT molecular complexity index is 1230. The molecule has 3 heterocycles. The largest absolute Gasteiger partial charge is 1.00 e. The van der Waals surface area contributed by atoms with Crippen LogP contribution in [-0.2, 0) is 19.1 Å². The molecule has 0 aliphatic carbocycles. The minimum Gasteiger partial charge on any atom is -0.850 e. The van der Waals surface area contributed by atoms with Crippen molar-refractivity contribution in [1.29, 1.82) is 0 Å². The molecule has 4 atom stereocenters. The number of carbonyl (C=O) groups is 3. The maximum Gasteiger partial charge on any atom is 1.00 e. The molecule has 1 amide bonds. The number of aliphatic hydroxyl groups excluding tert-OH is 1. The Morgan fingerprint density at radius 2 is 1.66 bits per heavy atom. The van der Waals surface area contributed by atoms with Crippen molar-refractivity contribution in [1.82, 2.24) is 14.1 Å². The van der Waals surface area contributed by atoms with Crippen molar-refractivity contribution >= 4 is 46.7 Å². The first-order chi connectivity index (χ1) is 19.8. The number of nitrogens with zero attached hydrogens (tertiary/aromatic N) is 3. The third-order valence-corrected chi connectivity index (χ3v) is 6.88. The molecule has 2 aliphatic rings. The standard InChI is InChI=1S/C18H22N2O5S.C6H12BNO4.C4H9O.K/c1-18(2,3)25-17(22)20-10-11(9-13(20)16(21)23-4)24-15-12-7-5-6-8-14(12)26-19-15;1-7(12)8-3-4(9)2-5(8)6(10)11;1-4(2,3)5;/h5-8,11,13H,9-10H2,1-4H3;4-5,9,12H,2-3H2,1H3,(H,10,11);1-3H3;/q;;-1;+1/t11-,13+;4-,5+;;/m11../s1. The number of benzene rings is 1. The zero-order chi connectivity index (χ0) is 32.7. The number of likely N-dealkylation sites (tertiary alicyclic amines) is 1. The Hall–Kier alpha value is -1.34. The molecule has 0 unspecified atom stereocenters. The van der Waals surface area contributed by atoms with E-state index in [0.717, 1.165) is 10.1 Å². The summed E-state index contributed by atoms with van der Waals surface area (Å²) in [6.45, 7) is 12.2. The number of fused-ring (bicyclic) bond motifs is 1. The fourth-order valence-electron chi connectivity index (χ4n) is 4.36. The van der Waals surface area contributed by atoms with Crippen molar-refractivity contribution in [2.45, 2.75) is 96.7 Å². The van der Waals surface area contributed by atoms with Crippen molar-refractivity contribution in [3.63, 3.8) is 0 Å². The van der Waals surface area contributed by atoms with Gasteiger partial charge in [0.15, 0.2) is 0 Å². The number of aliphatic hydroxyl groups is 1. The fraction of sp³-hybridized carbons (Fsp3) is 0.643. The number of rotatable bonds is 5. The third kappa shape index (κ3) is 13.2. The molecule has 16 heteroatoms. The van der Waals surface area contributed by atoms with Crippen LogP contribution in [0.5, 0.6) is 5.88 Å². The Labute approximate surface area is 305 Å². The van der Waals surface area contributed by atoms with E-state index in [0.29, 0.717) is 12.3 Å². The van der Waals surface area contributed by atoms with Gasteiger partial charge in [0.2, 0.25) is 5.88 Å². The quantitative estimate of drug-likeness (QED) is 0.262. The van der Waals surface area contributed by atoms with Crippen LogP contribution in [0, 0.1) is 0 Å². The van der Waals surface area contributed by atoms with Crippen LogP contribution in [0.25, 0.3) is 10.1 Å². The Balaban J connectivity index is 0.000000447. The van der Waals surface area contributed by atoms with Gasteiger partial charge in [-0.15, -0.1) is 5.60 Å². The molecule has 2 fully saturated rings. The maximum atomic E-state index is 12.5. The van der Waals surface area contributed by atoms with Crippen molar-refractivity contribution in [2.24, 2.45) is 0 Å². The van der Waals surface area contributed by atoms with Gasteiger partial charge in [-0.2, -0.15) is 4.37 Å². The van der Waals surface area contributed by atoms with E-state index in [-0.39, 0.29) is 77.0 Å². The predicted molar refractivity (Wildman–Crippen MR) is 160 cm³/mol. The molecule has 0 radical (unpaired) electrons. The second kappa shape index (κ2) is 17.5. The van der Waals surface area contributed by atoms with Gasteiger partial charge in [0, 0.05) is 13.0 Å². The van der Waals surface area contributed by atoms with E-state index >= 15 is 0 Å². The van der Waals surface area contributed by atoms with E-state index in [2.05, 4.69) is 4.37 Å². The Kier molecular flexibility index (Phi) is 16.2. The molecule has 0 bridgehead atoms. The van der Waals surface area contributed by atoms with Gasteiger partial charge in [0.05, 0.1) is 29.8 Å². The second-order valence-corrected chi connectivity index (χ2v) is 13.1. The number of carboxylic acids is 1.